The maximum absolute atomic E-state index is 11.3. The summed E-state index contributed by atoms with van der Waals surface area (Å²) in [4.78, 5) is 22.0. The molecule has 0 rings (SSSR count). The standard InChI is InChI=1S/C10H13ClO4/c1-3-9(12)15-7-8(5-6-11)10(13)14-4-2/h3,5H,1,4,6-7H2,2H3/b8-5+. The summed E-state index contributed by atoms with van der Waals surface area (Å²) in [7, 11) is 0. The predicted octanol–water partition coefficient (Wildman–Crippen LogP) is 1.44. The number of esters is 2. The van der Waals surface area contributed by atoms with E-state index in [1.807, 2.05) is 0 Å². The van der Waals surface area contributed by atoms with Crippen molar-refractivity contribution in [3.63, 3.8) is 0 Å². The van der Waals surface area contributed by atoms with E-state index in [-0.39, 0.29) is 24.7 Å². The molecule has 0 amide bonds. The zero-order valence-electron chi connectivity index (χ0n) is 8.49. The van der Waals surface area contributed by atoms with E-state index >= 15 is 0 Å². The molecule has 0 aromatic carbocycles. The van der Waals surface area contributed by atoms with Crippen molar-refractivity contribution in [1.29, 1.82) is 0 Å². The van der Waals surface area contributed by atoms with Gasteiger partial charge in [-0.25, -0.2) is 9.59 Å². The van der Waals surface area contributed by atoms with E-state index in [1.54, 1.807) is 6.92 Å². The van der Waals surface area contributed by atoms with Crippen molar-refractivity contribution in [2.75, 3.05) is 19.1 Å². The van der Waals surface area contributed by atoms with Gasteiger partial charge in [0, 0.05) is 12.0 Å². The summed E-state index contributed by atoms with van der Waals surface area (Å²) in [6, 6.07) is 0. The summed E-state index contributed by atoms with van der Waals surface area (Å²) in [6.45, 7) is 5.02. The van der Waals surface area contributed by atoms with E-state index in [9.17, 15) is 9.59 Å². The first-order chi connectivity index (χ1) is 7.15. The number of hydrogen-bond donors (Lipinski definition) is 0. The van der Waals surface area contributed by atoms with Crippen LogP contribution in [0.2, 0.25) is 0 Å². The Bertz CT molecular complexity index is 271. The van der Waals surface area contributed by atoms with Gasteiger partial charge in [0.05, 0.1) is 12.2 Å². The lowest BCUT2D eigenvalue weighted by atomic mass is 10.3. The van der Waals surface area contributed by atoms with Gasteiger partial charge in [-0.15, -0.1) is 11.6 Å². The second-order valence-corrected chi connectivity index (χ2v) is 2.72. The Balaban J connectivity index is 4.28. The summed E-state index contributed by atoms with van der Waals surface area (Å²) in [6.07, 6.45) is 2.46. The van der Waals surface area contributed by atoms with Crippen molar-refractivity contribution in [2.45, 2.75) is 6.92 Å². The van der Waals surface area contributed by atoms with Crippen LogP contribution in [-0.4, -0.2) is 31.0 Å². The van der Waals surface area contributed by atoms with Gasteiger partial charge in [0.2, 0.25) is 0 Å². The van der Waals surface area contributed by atoms with Crippen LogP contribution in [0.15, 0.2) is 24.3 Å². The van der Waals surface area contributed by atoms with Crippen LogP contribution in [0.1, 0.15) is 6.92 Å². The first kappa shape index (κ1) is 13.7. The molecule has 0 heterocycles. The van der Waals surface area contributed by atoms with Crippen LogP contribution < -0.4 is 0 Å². The second-order valence-electron chi connectivity index (χ2n) is 2.42. The topological polar surface area (TPSA) is 52.6 Å². The van der Waals surface area contributed by atoms with Crippen LogP contribution in [0.25, 0.3) is 0 Å². The molecule has 0 saturated carbocycles. The average Bonchev–Trinajstić information content (AvgIpc) is 2.23. The number of hydrogen-bond acceptors (Lipinski definition) is 4. The van der Waals surface area contributed by atoms with Crippen LogP contribution in [-0.2, 0) is 19.1 Å². The second kappa shape index (κ2) is 8.05. The fourth-order valence-electron chi connectivity index (χ4n) is 0.726. The number of halogens is 1. The smallest absolute Gasteiger partial charge is 0.337 e. The van der Waals surface area contributed by atoms with E-state index in [2.05, 4.69) is 11.3 Å². The third-order valence-electron chi connectivity index (χ3n) is 1.40. The molecule has 4 nitrogen and oxygen atoms in total. The van der Waals surface area contributed by atoms with Crippen molar-refractivity contribution < 1.29 is 19.1 Å². The minimum atomic E-state index is -0.597. The summed E-state index contributed by atoms with van der Waals surface area (Å²) < 4.78 is 9.43. The van der Waals surface area contributed by atoms with Crippen molar-refractivity contribution in [3.05, 3.63) is 24.3 Å². The molecule has 15 heavy (non-hydrogen) atoms. The Morgan fingerprint density at radius 3 is 2.53 bits per heavy atom. The fraction of sp³-hybridized carbons (Fsp3) is 0.400. The van der Waals surface area contributed by atoms with E-state index in [0.717, 1.165) is 6.08 Å². The molecular weight excluding hydrogens is 220 g/mol. The number of alkyl halides is 1. The van der Waals surface area contributed by atoms with Gasteiger partial charge in [-0.2, -0.15) is 0 Å². The lowest BCUT2D eigenvalue weighted by Gasteiger charge is -2.06. The molecule has 0 aliphatic carbocycles. The fourth-order valence-corrected chi connectivity index (χ4v) is 0.912. The Kier molecular flexibility index (Phi) is 7.36. The van der Waals surface area contributed by atoms with Crippen molar-refractivity contribution in [1.82, 2.24) is 0 Å². The Labute approximate surface area is 93.5 Å². The number of allylic oxidation sites excluding steroid dienone is 1. The Morgan fingerprint density at radius 2 is 2.07 bits per heavy atom. The molecule has 0 saturated heterocycles. The largest absolute Gasteiger partial charge is 0.463 e. The van der Waals surface area contributed by atoms with Crippen molar-refractivity contribution >= 4 is 23.5 Å². The molecule has 0 spiro atoms. The molecule has 0 aromatic heterocycles. The first-order valence-corrected chi connectivity index (χ1v) is 4.90. The molecule has 0 bridgehead atoms. The quantitative estimate of drug-likeness (QED) is 0.395. The van der Waals surface area contributed by atoms with Crippen molar-refractivity contribution in [2.24, 2.45) is 0 Å². The highest BCUT2D eigenvalue weighted by Crippen LogP contribution is 2.01. The van der Waals surface area contributed by atoms with Gasteiger partial charge in [-0.1, -0.05) is 12.7 Å². The third-order valence-corrected chi connectivity index (χ3v) is 1.55. The van der Waals surface area contributed by atoms with Crippen LogP contribution >= 0.6 is 11.6 Å². The predicted molar refractivity (Wildman–Crippen MR) is 56.6 cm³/mol. The van der Waals surface area contributed by atoms with E-state index in [1.165, 1.54) is 6.08 Å². The molecule has 0 aliphatic rings. The number of carbonyl (C=O) groups excluding carboxylic acids is 2. The average molecular weight is 233 g/mol. The molecule has 0 aromatic rings. The molecule has 0 radical (unpaired) electrons. The normalized spacial score (nSPS) is 10.7. The Hall–Kier alpha value is -1.29. The zero-order chi connectivity index (χ0) is 11.7. The number of rotatable bonds is 6. The molecule has 0 atom stereocenters. The minimum absolute atomic E-state index is 0.153. The molecule has 84 valence electrons. The number of carbonyl (C=O) groups is 2. The van der Waals surface area contributed by atoms with Gasteiger partial charge in [-0.3, -0.25) is 0 Å². The summed E-state index contributed by atoms with van der Waals surface area (Å²) in [5, 5.41) is 0. The lowest BCUT2D eigenvalue weighted by molar-refractivity contribution is -0.141. The molecule has 0 unspecified atom stereocenters. The highest BCUT2D eigenvalue weighted by Gasteiger charge is 2.11. The molecule has 0 fully saturated rings. The van der Waals surface area contributed by atoms with Gasteiger partial charge in [0.1, 0.15) is 6.61 Å². The van der Waals surface area contributed by atoms with Crippen LogP contribution in [0, 0.1) is 0 Å². The van der Waals surface area contributed by atoms with Crippen LogP contribution in [0.5, 0.6) is 0 Å². The molecule has 0 N–H and O–H groups in total. The van der Waals surface area contributed by atoms with Crippen LogP contribution in [0.3, 0.4) is 0 Å². The highest BCUT2D eigenvalue weighted by molar-refractivity contribution is 6.19. The van der Waals surface area contributed by atoms with E-state index in [0.29, 0.717) is 0 Å². The van der Waals surface area contributed by atoms with Gasteiger partial charge in [0.25, 0.3) is 0 Å². The number of ether oxygens (including phenoxy) is 2. The lowest BCUT2D eigenvalue weighted by Crippen LogP contribution is -2.14. The first-order valence-electron chi connectivity index (χ1n) is 4.37. The maximum atomic E-state index is 11.3. The van der Waals surface area contributed by atoms with Crippen LogP contribution in [0.4, 0.5) is 0 Å². The summed E-state index contributed by atoms with van der Waals surface area (Å²) in [5.41, 5.74) is 0.224. The molecule has 0 aliphatic heterocycles. The summed E-state index contributed by atoms with van der Waals surface area (Å²) in [5.74, 6) is -0.977. The van der Waals surface area contributed by atoms with Gasteiger partial charge in [0.15, 0.2) is 0 Å². The SMILES string of the molecule is C=CC(=O)OC/C(=C\CCl)C(=O)OCC. The highest BCUT2D eigenvalue weighted by atomic mass is 35.5. The van der Waals surface area contributed by atoms with Crippen molar-refractivity contribution in [3.8, 4) is 0 Å². The van der Waals surface area contributed by atoms with Gasteiger partial charge < -0.3 is 9.47 Å². The summed E-state index contributed by atoms with van der Waals surface area (Å²) >= 11 is 5.44. The molecular formula is C10H13ClO4. The van der Waals surface area contributed by atoms with E-state index in [4.69, 9.17) is 16.3 Å². The van der Waals surface area contributed by atoms with E-state index < -0.39 is 11.9 Å². The maximum Gasteiger partial charge on any atom is 0.337 e. The molecule has 5 heteroatoms. The third kappa shape index (κ3) is 5.91. The zero-order valence-corrected chi connectivity index (χ0v) is 9.25. The van der Waals surface area contributed by atoms with Gasteiger partial charge in [-0.05, 0) is 6.92 Å². The Morgan fingerprint density at radius 1 is 1.40 bits per heavy atom. The van der Waals surface area contributed by atoms with Gasteiger partial charge >= 0.3 is 11.9 Å². The monoisotopic (exact) mass is 232 g/mol. The minimum Gasteiger partial charge on any atom is -0.463 e.